The van der Waals surface area contributed by atoms with Crippen molar-refractivity contribution in [2.75, 3.05) is 13.1 Å². The van der Waals surface area contributed by atoms with E-state index in [1.54, 1.807) is 6.20 Å². The lowest BCUT2D eigenvalue weighted by Crippen LogP contribution is -2.41. The van der Waals surface area contributed by atoms with Gasteiger partial charge in [-0.1, -0.05) is 24.3 Å². The third-order valence-electron chi connectivity index (χ3n) is 5.23. The van der Waals surface area contributed by atoms with E-state index in [0.29, 0.717) is 11.9 Å². The second-order valence-corrected chi connectivity index (χ2v) is 7.16. The van der Waals surface area contributed by atoms with Gasteiger partial charge in [0.2, 0.25) is 5.91 Å². The maximum Gasteiger partial charge on any atom is 0.226 e. The molecule has 1 aromatic heterocycles. The number of piperidine rings is 1. The van der Waals surface area contributed by atoms with E-state index in [1.807, 2.05) is 12.3 Å². The minimum atomic E-state index is 0. The molecule has 0 spiro atoms. The SMILES string of the molecule is Cl.O=C(C1CCNCC1)N(Cc1cccc(-c2cccnc2)c1)C1CC1. The van der Waals surface area contributed by atoms with Crippen LogP contribution in [0.2, 0.25) is 0 Å². The van der Waals surface area contributed by atoms with Gasteiger partial charge in [0.15, 0.2) is 0 Å². The highest BCUT2D eigenvalue weighted by Crippen LogP contribution is 2.31. The number of nitrogens with zero attached hydrogens (tertiary/aromatic N) is 2. The number of benzene rings is 1. The van der Waals surface area contributed by atoms with Crippen LogP contribution in [-0.2, 0) is 11.3 Å². The predicted molar refractivity (Wildman–Crippen MR) is 106 cm³/mol. The number of halogens is 1. The molecule has 4 nitrogen and oxygen atoms in total. The number of carbonyl (C=O) groups is 1. The van der Waals surface area contributed by atoms with Gasteiger partial charge in [0, 0.05) is 30.9 Å². The minimum absolute atomic E-state index is 0. The third-order valence-corrected chi connectivity index (χ3v) is 5.23. The van der Waals surface area contributed by atoms with Crippen LogP contribution in [-0.4, -0.2) is 34.9 Å². The van der Waals surface area contributed by atoms with Crippen molar-refractivity contribution in [3.8, 4) is 11.1 Å². The first kappa shape index (κ1) is 18.9. The van der Waals surface area contributed by atoms with E-state index in [-0.39, 0.29) is 18.3 Å². The van der Waals surface area contributed by atoms with Crippen LogP contribution in [0.15, 0.2) is 48.8 Å². The number of carbonyl (C=O) groups excluding carboxylic acids is 1. The van der Waals surface area contributed by atoms with Gasteiger partial charge in [-0.05, 0) is 67.6 Å². The van der Waals surface area contributed by atoms with Crippen LogP contribution in [0.1, 0.15) is 31.2 Å². The molecule has 1 amide bonds. The third kappa shape index (κ3) is 4.43. The van der Waals surface area contributed by atoms with Gasteiger partial charge >= 0.3 is 0 Å². The van der Waals surface area contributed by atoms with Crippen molar-refractivity contribution < 1.29 is 4.79 Å². The Bertz CT molecular complexity index is 727. The number of hydrogen-bond donors (Lipinski definition) is 1. The van der Waals surface area contributed by atoms with Crippen molar-refractivity contribution in [1.82, 2.24) is 15.2 Å². The first-order chi connectivity index (χ1) is 12.3. The van der Waals surface area contributed by atoms with E-state index in [0.717, 1.165) is 56.4 Å². The summed E-state index contributed by atoms with van der Waals surface area (Å²) >= 11 is 0. The second-order valence-electron chi connectivity index (χ2n) is 7.16. The molecular weight excluding hydrogens is 346 g/mol. The summed E-state index contributed by atoms with van der Waals surface area (Å²) < 4.78 is 0. The Kier molecular flexibility index (Phi) is 6.28. The number of hydrogen-bond acceptors (Lipinski definition) is 3. The molecule has 2 aromatic rings. The molecule has 2 aliphatic rings. The Morgan fingerprint density at radius 2 is 1.85 bits per heavy atom. The summed E-state index contributed by atoms with van der Waals surface area (Å²) in [5, 5.41) is 3.35. The molecule has 1 aliphatic heterocycles. The van der Waals surface area contributed by atoms with Crippen molar-refractivity contribution in [3.05, 3.63) is 54.4 Å². The molecule has 5 heteroatoms. The summed E-state index contributed by atoms with van der Waals surface area (Å²) in [4.78, 5) is 19.4. The molecule has 1 aliphatic carbocycles. The van der Waals surface area contributed by atoms with Gasteiger partial charge in [-0.25, -0.2) is 0 Å². The van der Waals surface area contributed by atoms with E-state index in [1.165, 1.54) is 5.56 Å². The number of pyridine rings is 1. The Labute approximate surface area is 161 Å². The standard InChI is InChI=1S/C21H25N3O.ClH/c25-21(17-8-11-22-12-9-17)24(20-6-7-20)15-16-3-1-4-18(13-16)19-5-2-10-23-14-19;/h1-5,10,13-14,17,20,22H,6-9,11-12,15H2;1H. The quantitative estimate of drug-likeness (QED) is 0.872. The number of amides is 1. The zero-order valence-electron chi connectivity index (χ0n) is 14.9. The minimum Gasteiger partial charge on any atom is -0.335 e. The molecule has 4 rings (SSSR count). The monoisotopic (exact) mass is 371 g/mol. The van der Waals surface area contributed by atoms with Gasteiger partial charge in [0.25, 0.3) is 0 Å². The van der Waals surface area contributed by atoms with Crippen LogP contribution in [0.4, 0.5) is 0 Å². The highest BCUT2D eigenvalue weighted by atomic mass is 35.5. The zero-order chi connectivity index (χ0) is 17.1. The van der Waals surface area contributed by atoms with Crippen LogP contribution in [0.5, 0.6) is 0 Å². The summed E-state index contributed by atoms with van der Waals surface area (Å²) in [7, 11) is 0. The summed E-state index contributed by atoms with van der Waals surface area (Å²) in [6.45, 7) is 2.65. The van der Waals surface area contributed by atoms with Crippen LogP contribution in [0.25, 0.3) is 11.1 Å². The second kappa shape index (κ2) is 8.65. The molecule has 26 heavy (non-hydrogen) atoms. The van der Waals surface area contributed by atoms with Crippen molar-refractivity contribution in [1.29, 1.82) is 0 Å². The van der Waals surface area contributed by atoms with E-state index in [4.69, 9.17) is 0 Å². The molecule has 1 aromatic carbocycles. The Morgan fingerprint density at radius 1 is 1.08 bits per heavy atom. The molecule has 0 unspecified atom stereocenters. The first-order valence-electron chi connectivity index (χ1n) is 9.32. The van der Waals surface area contributed by atoms with Gasteiger partial charge in [-0.3, -0.25) is 9.78 Å². The highest BCUT2D eigenvalue weighted by molar-refractivity contribution is 5.85. The fourth-order valence-corrected chi connectivity index (χ4v) is 3.66. The summed E-state index contributed by atoms with van der Waals surface area (Å²) in [6, 6.07) is 13.0. The Morgan fingerprint density at radius 3 is 2.54 bits per heavy atom. The fourth-order valence-electron chi connectivity index (χ4n) is 3.66. The van der Waals surface area contributed by atoms with E-state index >= 15 is 0 Å². The molecule has 1 saturated carbocycles. The smallest absolute Gasteiger partial charge is 0.226 e. The molecule has 0 atom stereocenters. The van der Waals surface area contributed by atoms with Gasteiger partial charge in [0.05, 0.1) is 0 Å². The lowest BCUT2D eigenvalue weighted by molar-refractivity contribution is -0.137. The lowest BCUT2D eigenvalue weighted by atomic mass is 9.96. The van der Waals surface area contributed by atoms with E-state index in [9.17, 15) is 4.79 Å². The van der Waals surface area contributed by atoms with Crippen molar-refractivity contribution >= 4 is 18.3 Å². The Hall–Kier alpha value is -1.91. The summed E-state index contributed by atoms with van der Waals surface area (Å²) in [5.41, 5.74) is 3.48. The van der Waals surface area contributed by atoms with E-state index in [2.05, 4.69) is 45.5 Å². The molecule has 2 heterocycles. The normalized spacial score (nSPS) is 17.4. The largest absolute Gasteiger partial charge is 0.335 e. The number of aromatic nitrogens is 1. The zero-order valence-corrected chi connectivity index (χ0v) is 15.8. The summed E-state index contributed by atoms with van der Waals surface area (Å²) in [5.74, 6) is 0.555. The van der Waals surface area contributed by atoms with Gasteiger partial charge in [-0.15, -0.1) is 12.4 Å². The average molecular weight is 372 g/mol. The van der Waals surface area contributed by atoms with Crippen LogP contribution in [0, 0.1) is 5.92 Å². The molecular formula is C21H26ClN3O. The van der Waals surface area contributed by atoms with Gasteiger partial charge in [-0.2, -0.15) is 0 Å². The first-order valence-corrected chi connectivity index (χ1v) is 9.32. The van der Waals surface area contributed by atoms with Crippen molar-refractivity contribution in [3.63, 3.8) is 0 Å². The average Bonchev–Trinajstić information content (AvgIpc) is 3.52. The van der Waals surface area contributed by atoms with Crippen molar-refractivity contribution in [2.45, 2.75) is 38.3 Å². The molecule has 0 bridgehead atoms. The fraction of sp³-hybridized carbons (Fsp3) is 0.429. The summed E-state index contributed by atoms with van der Waals surface area (Å²) in [6.07, 6.45) is 7.92. The van der Waals surface area contributed by atoms with Crippen LogP contribution >= 0.6 is 12.4 Å². The van der Waals surface area contributed by atoms with Gasteiger partial charge < -0.3 is 10.2 Å². The number of rotatable bonds is 5. The van der Waals surface area contributed by atoms with Crippen molar-refractivity contribution in [2.24, 2.45) is 5.92 Å². The van der Waals surface area contributed by atoms with Crippen LogP contribution in [0.3, 0.4) is 0 Å². The van der Waals surface area contributed by atoms with Crippen LogP contribution < -0.4 is 5.32 Å². The molecule has 138 valence electrons. The lowest BCUT2D eigenvalue weighted by Gasteiger charge is -2.30. The van der Waals surface area contributed by atoms with E-state index < -0.39 is 0 Å². The maximum absolute atomic E-state index is 13.0. The number of nitrogens with one attached hydrogen (secondary N) is 1. The molecule has 1 N–H and O–H groups in total. The Balaban J connectivity index is 0.00000196. The maximum atomic E-state index is 13.0. The predicted octanol–water partition coefficient (Wildman–Crippen LogP) is 3.66. The topological polar surface area (TPSA) is 45.2 Å². The molecule has 0 radical (unpaired) electrons. The molecule has 2 fully saturated rings. The molecule has 1 saturated heterocycles. The highest BCUT2D eigenvalue weighted by Gasteiger charge is 2.36. The van der Waals surface area contributed by atoms with Gasteiger partial charge in [0.1, 0.15) is 0 Å².